The van der Waals surface area contributed by atoms with Crippen molar-refractivity contribution in [2.24, 2.45) is 5.73 Å². The lowest BCUT2D eigenvalue weighted by Gasteiger charge is -2.35. The molecule has 3 aromatic rings. The summed E-state index contributed by atoms with van der Waals surface area (Å²) in [5.41, 5.74) is 7.40. The number of ether oxygens (including phenoxy) is 2. The summed E-state index contributed by atoms with van der Waals surface area (Å²) in [4.78, 5) is 0. The van der Waals surface area contributed by atoms with Gasteiger partial charge in [0.15, 0.2) is 0 Å². The molecular weight excluding hydrogens is 326 g/mol. The van der Waals surface area contributed by atoms with E-state index in [4.69, 9.17) is 15.2 Å². The zero-order chi connectivity index (χ0) is 18.6. The SMILES string of the molecule is COc1ccc(C(O)(c2ccc(OC)cc2)[C@@H](N)c2ccccc2)cc1. The summed E-state index contributed by atoms with van der Waals surface area (Å²) < 4.78 is 10.5. The molecule has 3 N–H and O–H groups in total. The van der Waals surface area contributed by atoms with Crippen LogP contribution in [0.25, 0.3) is 0 Å². The van der Waals surface area contributed by atoms with Crippen LogP contribution in [0.15, 0.2) is 78.9 Å². The molecule has 3 aromatic carbocycles. The number of hydrogen-bond acceptors (Lipinski definition) is 4. The van der Waals surface area contributed by atoms with Crippen LogP contribution in [-0.4, -0.2) is 19.3 Å². The molecule has 0 fully saturated rings. The van der Waals surface area contributed by atoms with Crippen LogP contribution in [0.2, 0.25) is 0 Å². The van der Waals surface area contributed by atoms with Crippen LogP contribution >= 0.6 is 0 Å². The number of methoxy groups -OCH3 is 2. The first-order valence-electron chi connectivity index (χ1n) is 8.41. The Morgan fingerprint density at radius 2 is 1.15 bits per heavy atom. The maximum absolute atomic E-state index is 11.8. The first-order chi connectivity index (χ1) is 12.6. The van der Waals surface area contributed by atoms with Gasteiger partial charge in [-0.2, -0.15) is 0 Å². The van der Waals surface area contributed by atoms with Gasteiger partial charge in [-0.05, 0) is 41.0 Å². The number of benzene rings is 3. The molecule has 0 bridgehead atoms. The first-order valence-corrected chi connectivity index (χ1v) is 8.41. The Hall–Kier alpha value is -2.82. The molecule has 0 spiro atoms. The molecule has 0 amide bonds. The average Bonchev–Trinajstić information content (AvgIpc) is 2.73. The third-order valence-electron chi connectivity index (χ3n) is 4.67. The predicted molar refractivity (Wildman–Crippen MR) is 102 cm³/mol. The summed E-state index contributed by atoms with van der Waals surface area (Å²) in [6.45, 7) is 0. The second-order valence-corrected chi connectivity index (χ2v) is 6.11. The van der Waals surface area contributed by atoms with Gasteiger partial charge < -0.3 is 20.3 Å². The number of nitrogens with two attached hydrogens (primary N) is 1. The lowest BCUT2D eigenvalue weighted by molar-refractivity contribution is 0.0511. The summed E-state index contributed by atoms with van der Waals surface area (Å²) in [5.74, 6) is 1.44. The van der Waals surface area contributed by atoms with E-state index in [1.165, 1.54) is 0 Å². The molecule has 0 unspecified atom stereocenters. The highest BCUT2D eigenvalue weighted by Gasteiger charge is 2.39. The van der Waals surface area contributed by atoms with Gasteiger partial charge in [0.2, 0.25) is 0 Å². The summed E-state index contributed by atoms with van der Waals surface area (Å²) in [5, 5.41) is 11.8. The molecule has 26 heavy (non-hydrogen) atoms. The van der Waals surface area contributed by atoms with Crippen molar-refractivity contribution in [1.29, 1.82) is 0 Å². The zero-order valence-corrected chi connectivity index (χ0v) is 14.9. The van der Waals surface area contributed by atoms with Gasteiger partial charge in [-0.1, -0.05) is 54.6 Å². The molecule has 0 aliphatic heterocycles. The Morgan fingerprint density at radius 1 is 0.731 bits per heavy atom. The average molecular weight is 349 g/mol. The van der Waals surface area contributed by atoms with Crippen molar-refractivity contribution in [3.8, 4) is 11.5 Å². The monoisotopic (exact) mass is 349 g/mol. The van der Waals surface area contributed by atoms with E-state index in [0.717, 1.165) is 17.1 Å². The molecule has 0 aliphatic rings. The van der Waals surface area contributed by atoms with Crippen LogP contribution in [0, 0.1) is 0 Å². The molecule has 0 saturated carbocycles. The van der Waals surface area contributed by atoms with Gasteiger partial charge in [0.1, 0.15) is 17.1 Å². The fourth-order valence-electron chi connectivity index (χ4n) is 3.12. The van der Waals surface area contributed by atoms with E-state index in [9.17, 15) is 5.11 Å². The molecule has 4 heteroatoms. The van der Waals surface area contributed by atoms with Gasteiger partial charge in [-0.3, -0.25) is 0 Å². The standard InChI is InChI=1S/C22H23NO3/c1-25-19-12-8-17(9-13-19)22(24,18-10-14-20(26-2)15-11-18)21(23)16-6-4-3-5-7-16/h3-15,21,24H,23H2,1-2H3/t21-/m0/s1. The number of aliphatic hydroxyl groups is 1. The van der Waals surface area contributed by atoms with E-state index < -0.39 is 11.6 Å². The van der Waals surface area contributed by atoms with Crippen LogP contribution in [-0.2, 0) is 5.60 Å². The quantitative estimate of drug-likeness (QED) is 0.713. The highest BCUT2D eigenvalue weighted by molar-refractivity contribution is 5.44. The van der Waals surface area contributed by atoms with Crippen molar-refractivity contribution in [1.82, 2.24) is 0 Å². The fourth-order valence-corrected chi connectivity index (χ4v) is 3.12. The van der Waals surface area contributed by atoms with Crippen molar-refractivity contribution in [3.05, 3.63) is 95.6 Å². The molecule has 3 rings (SSSR count). The van der Waals surface area contributed by atoms with Crippen molar-refractivity contribution in [2.45, 2.75) is 11.6 Å². The van der Waals surface area contributed by atoms with E-state index in [-0.39, 0.29) is 0 Å². The zero-order valence-electron chi connectivity index (χ0n) is 14.9. The number of rotatable bonds is 6. The lowest BCUT2D eigenvalue weighted by atomic mass is 9.78. The molecule has 1 atom stereocenters. The molecule has 0 aromatic heterocycles. The predicted octanol–water partition coefficient (Wildman–Crippen LogP) is 3.64. The first kappa shape index (κ1) is 18.0. The van der Waals surface area contributed by atoms with Crippen molar-refractivity contribution >= 4 is 0 Å². The highest BCUT2D eigenvalue weighted by Crippen LogP contribution is 2.40. The minimum atomic E-state index is -1.40. The van der Waals surface area contributed by atoms with Crippen molar-refractivity contribution in [2.75, 3.05) is 14.2 Å². The molecule has 0 aliphatic carbocycles. The molecule has 0 heterocycles. The highest BCUT2D eigenvalue weighted by atomic mass is 16.5. The van der Waals surface area contributed by atoms with Gasteiger partial charge in [0.25, 0.3) is 0 Å². The lowest BCUT2D eigenvalue weighted by Crippen LogP contribution is -2.39. The topological polar surface area (TPSA) is 64.7 Å². The van der Waals surface area contributed by atoms with Crippen molar-refractivity contribution in [3.63, 3.8) is 0 Å². The Morgan fingerprint density at radius 3 is 1.54 bits per heavy atom. The smallest absolute Gasteiger partial charge is 0.134 e. The molecule has 4 nitrogen and oxygen atoms in total. The third kappa shape index (κ3) is 3.29. The van der Waals surface area contributed by atoms with Crippen LogP contribution in [0.3, 0.4) is 0 Å². The van der Waals surface area contributed by atoms with E-state index in [0.29, 0.717) is 11.1 Å². The van der Waals surface area contributed by atoms with Crippen molar-refractivity contribution < 1.29 is 14.6 Å². The minimum Gasteiger partial charge on any atom is -0.497 e. The Balaban J connectivity index is 2.13. The molecular formula is C22H23NO3. The van der Waals surface area contributed by atoms with E-state index in [2.05, 4.69) is 0 Å². The van der Waals surface area contributed by atoms with Crippen LogP contribution in [0.4, 0.5) is 0 Å². The second kappa shape index (κ2) is 7.60. The Kier molecular flexibility index (Phi) is 5.26. The van der Waals surface area contributed by atoms with Crippen LogP contribution < -0.4 is 15.2 Å². The summed E-state index contributed by atoms with van der Waals surface area (Å²) >= 11 is 0. The second-order valence-electron chi connectivity index (χ2n) is 6.11. The van der Waals surface area contributed by atoms with E-state index >= 15 is 0 Å². The summed E-state index contributed by atoms with van der Waals surface area (Å²) in [6, 6.07) is 23.6. The van der Waals surface area contributed by atoms with Gasteiger partial charge in [0, 0.05) is 0 Å². The van der Waals surface area contributed by atoms with E-state index in [1.54, 1.807) is 14.2 Å². The summed E-state index contributed by atoms with van der Waals surface area (Å²) in [6.07, 6.45) is 0. The Bertz CT molecular complexity index is 782. The normalized spacial score (nSPS) is 12.5. The van der Waals surface area contributed by atoms with Gasteiger partial charge in [-0.15, -0.1) is 0 Å². The summed E-state index contributed by atoms with van der Waals surface area (Å²) in [7, 11) is 3.22. The van der Waals surface area contributed by atoms with Gasteiger partial charge in [0.05, 0.1) is 20.3 Å². The van der Waals surface area contributed by atoms with E-state index in [1.807, 2.05) is 78.9 Å². The number of hydrogen-bond donors (Lipinski definition) is 2. The van der Waals surface area contributed by atoms with Gasteiger partial charge in [-0.25, -0.2) is 0 Å². The third-order valence-corrected chi connectivity index (χ3v) is 4.67. The maximum Gasteiger partial charge on any atom is 0.134 e. The largest absolute Gasteiger partial charge is 0.497 e. The molecule has 134 valence electrons. The van der Waals surface area contributed by atoms with Crippen LogP contribution in [0.1, 0.15) is 22.7 Å². The van der Waals surface area contributed by atoms with Crippen LogP contribution in [0.5, 0.6) is 11.5 Å². The molecule has 0 radical (unpaired) electrons. The van der Waals surface area contributed by atoms with Gasteiger partial charge >= 0.3 is 0 Å². The maximum atomic E-state index is 11.8. The Labute approximate surface area is 153 Å². The minimum absolute atomic E-state index is 0.648. The molecule has 0 saturated heterocycles. The fraction of sp³-hybridized carbons (Fsp3) is 0.182.